The van der Waals surface area contributed by atoms with E-state index < -0.39 is 18.1 Å². The van der Waals surface area contributed by atoms with Gasteiger partial charge in [0.05, 0.1) is 0 Å². The fourth-order valence-corrected chi connectivity index (χ4v) is 2.08. The van der Waals surface area contributed by atoms with Crippen LogP contribution in [0.15, 0.2) is 0 Å². The third-order valence-corrected chi connectivity index (χ3v) is 3.16. The number of hydrogen-bond acceptors (Lipinski definition) is 3. The molecule has 0 saturated carbocycles. The first kappa shape index (κ1) is 14.5. The van der Waals surface area contributed by atoms with Gasteiger partial charge in [0.2, 0.25) is 11.8 Å². The molecule has 1 aliphatic heterocycles. The number of aliphatic carboxylic acids is 1. The van der Waals surface area contributed by atoms with Crippen molar-refractivity contribution in [1.82, 2.24) is 10.2 Å². The lowest BCUT2D eigenvalue weighted by molar-refractivity contribution is -0.145. The molecule has 6 nitrogen and oxygen atoms in total. The third-order valence-electron chi connectivity index (χ3n) is 3.16. The zero-order valence-corrected chi connectivity index (χ0v) is 10.8. The van der Waals surface area contributed by atoms with Gasteiger partial charge in [-0.1, -0.05) is 6.92 Å². The number of rotatable bonds is 4. The van der Waals surface area contributed by atoms with Crippen LogP contribution in [-0.4, -0.2) is 46.4 Å². The van der Waals surface area contributed by atoms with Crippen molar-refractivity contribution in [3.8, 4) is 0 Å². The molecule has 2 atom stereocenters. The Morgan fingerprint density at radius 1 is 1.39 bits per heavy atom. The summed E-state index contributed by atoms with van der Waals surface area (Å²) in [5.74, 6) is -1.50. The Hall–Kier alpha value is -1.59. The summed E-state index contributed by atoms with van der Waals surface area (Å²) in [7, 11) is 0. The van der Waals surface area contributed by atoms with Crippen LogP contribution < -0.4 is 5.32 Å². The zero-order chi connectivity index (χ0) is 13.7. The molecule has 0 aromatic rings. The molecule has 1 heterocycles. The number of nitrogens with one attached hydrogen (secondary N) is 1. The van der Waals surface area contributed by atoms with Gasteiger partial charge in [-0.2, -0.15) is 0 Å². The molecule has 18 heavy (non-hydrogen) atoms. The molecule has 0 aromatic carbocycles. The Labute approximate surface area is 106 Å². The van der Waals surface area contributed by atoms with Crippen LogP contribution in [0, 0.1) is 0 Å². The zero-order valence-electron chi connectivity index (χ0n) is 10.8. The Bertz CT molecular complexity index is 343. The number of carboxylic acid groups (broad SMARTS) is 1. The SMILES string of the molecule is CCC(=O)N1CCCCC1C(=O)N[C@@H](C)C(=O)O. The maximum atomic E-state index is 12.0. The first-order valence-corrected chi connectivity index (χ1v) is 6.30. The minimum Gasteiger partial charge on any atom is -0.480 e. The van der Waals surface area contributed by atoms with Crippen LogP contribution in [0.4, 0.5) is 0 Å². The summed E-state index contributed by atoms with van der Waals surface area (Å²) in [6.45, 7) is 3.74. The van der Waals surface area contributed by atoms with E-state index in [-0.39, 0.29) is 11.8 Å². The highest BCUT2D eigenvalue weighted by molar-refractivity contribution is 5.90. The molecule has 1 saturated heterocycles. The maximum Gasteiger partial charge on any atom is 0.325 e. The van der Waals surface area contributed by atoms with Gasteiger partial charge in [-0.15, -0.1) is 0 Å². The molecule has 0 aliphatic carbocycles. The largest absolute Gasteiger partial charge is 0.480 e. The first-order valence-electron chi connectivity index (χ1n) is 6.30. The normalized spacial score (nSPS) is 21.2. The summed E-state index contributed by atoms with van der Waals surface area (Å²) in [4.78, 5) is 36.0. The van der Waals surface area contributed by atoms with Crippen molar-refractivity contribution in [2.24, 2.45) is 0 Å². The number of amides is 2. The summed E-state index contributed by atoms with van der Waals surface area (Å²) in [6.07, 6.45) is 2.74. The molecule has 0 aromatic heterocycles. The lowest BCUT2D eigenvalue weighted by Crippen LogP contribution is -2.54. The van der Waals surface area contributed by atoms with E-state index in [1.807, 2.05) is 0 Å². The van der Waals surface area contributed by atoms with E-state index in [4.69, 9.17) is 5.11 Å². The maximum absolute atomic E-state index is 12.0. The van der Waals surface area contributed by atoms with Gasteiger partial charge in [-0.05, 0) is 26.2 Å². The molecule has 1 rings (SSSR count). The van der Waals surface area contributed by atoms with E-state index in [1.54, 1.807) is 11.8 Å². The fourth-order valence-electron chi connectivity index (χ4n) is 2.08. The third kappa shape index (κ3) is 3.45. The summed E-state index contributed by atoms with van der Waals surface area (Å²) in [6, 6.07) is -1.45. The molecule has 2 amide bonds. The van der Waals surface area contributed by atoms with Gasteiger partial charge in [0.25, 0.3) is 0 Å². The molecule has 1 unspecified atom stereocenters. The van der Waals surface area contributed by atoms with Crippen molar-refractivity contribution in [1.29, 1.82) is 0 Å². The quantitative estimate of drug-likeness (QED) is 0.760. The number of carboxylic acids is 1. The van der Waals surface area contributed by atoms with Gasteiger partial charge in [-0.3, -0.25) is 14.4 Å². The Balaban J connectivity index is 2.68. The van der Waals surface area contributed by atoms with Crippen molar-refractivity contribution in [3.63, 3.8) is 0 Å². The highest BCUT2D eigenvalue weighted by atomic mass is 16.4. The van der Waals surface area contributed by atoms with Crippen LogP contribution >= 0.6 is 0 Å². The smallest absolute Gasteiger partial charge is 0.325 e. The number of likely N-dealkylation sites (tertiary alicyclic amines) is 1. The minimum atomic E-state index is -1.08. The van der Waals surface area contributed by atoms with Crippen molar-refractivity contribution in [2.75, 3.05) is 6.54 Å². The van der Waals surface area contributed by atoms with Gasteiger partial charge in [0.15, 0.2) is 0 Å². The van der Waals surface area contributed by atoms with E-state index in [2.05, 4.69) is 5.32 Å². The Morgan fingerprint density at radius 3 is 2.61 bits per heavy atom. The molecule has 0 spiro atoms. The Morgan fingerprint density at radius 2 is 2.06 bits per heavy atom. The van der Waals surface area contributed by atoms with E-state index in [0.29, 0.717) is 19.4 Å². The van der Waals surface area contributed by atoms with Crippen LogP contribution in [0.3, 0.4) is 0 Å². The summed E-state index contributed by atoms with van der Waals surface area (Å²) in [5.41, 5.74) is 0. The van der Waals surface area contributed by atoms with E-state index in [1.165, 1.54) is 6.92 Å². The lowest BCUT2D eigenvalue weighted by atomic mass is 10.0. The molecule has 0 bridgehead atoms. The van der Waals surface area contributed by atoms with Crippen molar-refractivity contribution in [2.45, 2.75) is 51.6 Å². The van der Waals surface area contributed by atoms with Crippen molar-refractivity contribution >= 4 is 17.8 Å². The minimum absolute atomic E-state index is 0.0576. The number of carbonyl (C=O) groups excluding carboxylic acids is 2. The average molecular weight is 256 g/mol. The second kappa shape index (κ2) is 6.37. The van der Waals surface area contributed by atoms with E-state index >= 15 is 0 Å². The number of nitrogens with zero attached hydrogens (tertiary/aromatic N) is 1. The molecule has 0 radical (unpaired) electrons. The lowest BCUT2D eigenvalue weighted by Gasteiger charge is -2.35. The monoisotopic (exact) mass is 256 g/mol. The highest BCUT2D eigenvalue weighted by Crippen LogP contribution is 2.18. The number of piperidine rings is 1. The van der Waals surface area contributed by atoms with Gasteiger partial charge in [0, 0.05) is 13.0 Å². The first-order chi connectivity index (χ1) is 8.47. The van der Waals surface area contributed by atoms with Gasteiger partial charge >= 0.3 is 5.97 Å². The molecular formula is C12H20N2O4. The van der Waals surface area contributed by atoms with E-state index in [0.717, 1.165) is 12.8 Å². The van der Waals surface area contributed by atoms with Crippen molar-refractivity contribution in [3.05, 3.63) is 0 Å². The highest BCUT2D eigenvalue weighted by Gasteiger charge is 2.32. The number of hydrogen-bond donors (Lipinski definition) is 2. The van der Waals surface area contributed by atoms with E-state index in [9.17, 15) is 14.4 Å². The molecule has 102 valence electrons. The summed E-state index contributed by atoms with van der Waals surface area (Å²) < 4.78 is 0. The second-order valence-electron chi connectivity index (χ2n) is 4.52. The second-order valence-corrected chi connectivity index (χ2v) is 4.52. The molecule has 2 N–H and O–H groups in total. The van der Waals surface area contributed by atoms with Gasteiger partial charge < -0.3 is 15.3 Å². The van der Waals surface area contributed by atoms with Gasteiger partial charge in [-0.25, -0.2) is 0 Å². The van der Waals surface area contributed by atoms with Crippen molar-refractivity contribution < 1.29 is 19.5 Å². The Kier molecular flexibility index (Phi) is 5.12. The fraction of sp³-hybridized carbons (Fsp3) is 0.750. The average Bonchev–Trinajstić information content (AvgIpc) is 2.37. The standard InChI is InChI=1S/C12H20N2O4/c1-3-10(15)14-7-5-4-6-9(14)11(16)13-8(2)12(17)18/h8-9H,3-7H2,1-2H3,(H,13,16)(H,17,18)/t8-,9?/m0/s1. The van der Waals surface area contributed by atoms with Crippen LogP contribution in [0.5, 0.6) is 0 Å². The molecule has 1 aliphatic rings. The molecule has 1 fully saturated rings. The predicted molar refractivity (Wildman–Crippen MR) is 64.9 cm³/mol. The van der Waals surface area contributed by atoms with Gasteiger partial charge in [0.1, 0.15) is 12.1 Å². The van der Waals surface area contributed by atoms with Crippen LogP contribution in [0.1, 0.15) is 39.5 Å². The van der Waals surface area contributed by atoms with Crippen LogP contribution in [0.2, 0.25) is 0 Å². The predicted octanol–water partition coefficient (Wildman–Crippen LogP) is 0.367. The number of carbonyl (C=O) groups is 3. The van der Waals surface area contributed by atoms with Crippen LogP contribution in [-0.2, 0) is 14.4 Å². The topological polar surface area (TPSA) is 86.7 Å². The molecule has 6 heteroatoms. The van der Waals surface area contributed by atoms with Crippen LogP contribution in [0.25, 0.3) is 0 Å². The summed E-state index contributed by atoms with van der Waals surface area (Å²) >= 11 is 0. The summed E-state index contributed by atoms with van der Waals surface area (Å²) in [5, 5.41) is 11.2. The molecular weight excluding hydrogens is 236 g/mol.